The number of hydrogen-bond donors (Lipinski definition) is 1. The zero-order valence-electron chi connectivity index (χ0n) is 12.8. The first-order valence-corrected chi connectivity index (χ1v) is 7.68. The number of hydrogen-bond acceptors (Lipinski definition) is 3. The molecule has 20 heavy (non-hydrogen) atoms. The molecule has 110 valence electrons. The molecule has 0 radical (unpaired) electrons. The molecule has 0 bridgehead atoms. The van der Waals surface area contributed by atoms with E-state index in [0.717, 1.165) is 50.2 Å². The zero-order valence-corrected chi connectivity index (χ0v) is 12.8. The molecule has 1 aromatic heterocycles. The molecule has 1 aromatic rings. The minimum absolute atomic E-state index is 0.125. The van der Waals surface area contributed by atoms with Gasteiger partial charge in [0, 0.05) is 31.0 Å². The van der Waals surface area contributed by atoms with Crippen LogP contribution in [-0.4, -0.2) is 34.9 Å². The molecule has 1 aliphatic carbocycles. The van der Waals surface area contributed by atoms with Crippen LogP contribution in [-0.2, 0) is 0 Å². The normalized spacial score (nSPS) is 14.2. The van der Waals surface area contributed by atoms with Gasteiger partial charge in [-0.2, -0.15) is 0 Å². The molecule has 1 heterocycles. The minimum Gasteiger partial charge on any atom is -0.384 e. The number of aryl methyl sites for hydroxylation is 1. The highest BCUT2D eigenvalue weighted by molar-refractivity contribution is 5.99. The van der Waals surface area contributed by atoms with Crippen LogP contribution >= 0.6 is 0 Å². The maximum atomic E-state index is 12.8. The van der Waals surface area contributed by atoms with Crippen LogP contribution in [0, 0.1) is 6.92 Å². The van der Waals surface area contributed by atoms with Gasteiger partial charge in [0.2, 0.25) is 0 Å². The zero-order chi connectivity index (χ0) is 14.5. The Labute approximate surface area is 121 Å². The van der Waals surface area contributed by atoms with E-state index in [0.29, 0.717) is 11.6 Å². The number of rotatable bonds is 7. The van der Waals surface area contributed by atoms with Crippen LogP contribution < -0.4 is 5.32 Å². The lowest BCUT2D eigenvalue weighted by molar-refractivity contribution is 0.0743. The highest BCUT2D eigenvalue weighted by Crippen LogP contribution is 2.29. The smallest absolute Gasteiger partial charge is 0.257 e. The molecular weight excluding hydrogens is 250 g/mol. The van der Waals surface area contributed by atoms with E-state index in [1.807, 2.05) is 17.9 Å². The number of nitrogens with one attached hydrogen (secondary N) is 1. The SMILES string of the molecule is CCCNc1cc(C)ncc1C(=O)N(CCC)C1CC1. The second-order valence-corrected chi connectivity index (χ2v) is 5.53. The summed E-state index contributed by atoms with van der Waals surface area (Å²) in [7, 11) is 0. The number of amides is 1. The van der Waals surface area contributed by atoms with Gasteiger partial charge < -0.3 is 10.2 Å². The van der Waals surface area contributed by atoms with E-state index in [4.69, 9.17) is 0 Å². The molecule has 4 heteroatoms. The van der Waals surface area contributed by atoms with Gasteiger partial charge in [-0.25, -0.2) is 0 Å². The van der Waals surface area contributed by atoms with E-state index < -0.39 is 0 Å². The van der Waals surface area contributed by atoms with E-state index in [-0.39, 0.29) is 5.91 Å². The van der Waals surface area contributed by atoms with Gasteiger partial charge in [0.15, 0.2) is 0 Å². The molecule has 1 saturated carbocycles. The molecule has 2 rings (SSSR count). The van der Waals surface area contributed by atoms with Gasteiger partial charge in [0.05, 0.1) is 11.3 Å². The maximum absolute atomic E-state index is 12.8. The summed E-state index contributed by atoms with van der Waals surface area (Å²) in [6, 6.07) is 2.42. The van der Waals surface area contributed by atoms with Crippen molar-refractivity contribution in [2.45, 2.75) is 52.5 Å². The average molecular weight is 275 g/mol. The van der Waals surface area contributed by atoms with Gasteiger partial charge in [-0.05, 0) is 38.7 Å². The van der Waals surface area contributed by atoms with Gasteiger partial charge >= 0.3 is 0 Å². The van der Waals surface area contributed by atoms with Crippen molar-refractivity contribution in [3.63, 3.8) is 0 Å². The topological polar surface area (TPSA) is 45.2 Å². The summed E-state index contributed by atoms with van der Waals surface area (Å²) in [5.74, 6) is 0.125. The molecule has 0 spiro atoms. The molecule has 1 aliphatic rings. The van der Waals surface area contributed by atoms with Crippen LogP contribution in [0.15, 0.2) is 12.3 Å². The Hall–Kier alpha value is -1.58. The van der Waals surface area contributed by atoms with Crippen LogP contribution in [0.25, 0.3) is 0 Å². The summed E-state index contributed by atoms with van der Waals surface area (Å²) < 4.78 is 0. The number of aromatic nitrogens is 1. The summed E-state index contributed by atoms with van der Waals surface area (Å²) in [5, 5.41) is 3.35. The predicted molar refractivity (Wildman–Crippen MR) is 82.1 cm³/mol. The largest absolute Gasteiger partial charge is 0.384 e. The molecular formula is C16H25N3O. The van der Waals surface area contributed by atoms with Crippen molar-refractivity contribution in [3.8, 4) is 0 Å². The van der Waals surface area contributed by atoms with Gasteiger partial charge in [-0.1, -0.05) is 13.8 Å². The molecule has 0 aromatic carbocycles. The molecule has 0 saturated heterocycles. The quantitative estimate of drug-likeness (QED) is 0.831. The molecule has 1 N–H and O–H groups in total. The maximum Gasteiger partial charge on any atom is 0.257 e. The highest BCUT2D eigenvalue weighted by atomic mass is 16.2. The van der Waals surface area contributed by atoms with Crippen LogP contribution in [0.3, 0.4) is 0 Å². The lowest BCUT2D eigenvalue weighted by atomic mass is 10.1. The first-order chi connectivity index (χ1) is 9.67. The Bertz CT molecular complexity index is 469. The molecule has 1 amide bonds. The van der Waals surface area contributed by atoms with Crippen molar-refractivity contribution in [1.29, 1.82) is 0 Å². The van der Waals surface area contributed by atoms with Crippen molar-refractivity contribution >= 4 is 11.6 Å². The van der Waals surface area contributed by atoms with Crippen molar-refractivity contribution in [1.82, 2.24) is 9.88 Å². The molecule has 0 unspecified atom stereocenters. The number of nitrogens with zero attached hydrogens (tertiary/aromatic N) is 2. The fourth-order valence-corrected chi connectivity index (χ4v) is 2.37. The van der Waals surface area contributed by atoms with E-state index in [9.17, 15) is 4.79 Å². The van der Waals surface area contributed by atoms with Gasteiger partial charge in [0.25, 0.3) is 5.91 Å². The standard InChI is InChI=1S/C16H25N3O/c1-4-8-17-15-10-12(3)18-11-14(15)16(20)19(9-5-2)13-6-7-13/h10-11,13H,4-9H2,1-3H3,(H,17,18). The Morgan fingerprint density at radius 2 is 2.15 bits per heavy atom. The monoisotopic (exact) mass is 275 g/mol. The van der Waals surface area contributed by atoms with Gasteiger partial charge in [-0.15, -0.1) is 0 Å². The van der Waals surface area contributed by atoms with Crippen LogP contribution in [0.2, 0.25) is 0 Å². The van der Waals surface area contributed by atoms with Crippen molar-refractivity contribution in [2.24, 2.45) is 0 Å². The first-order valence-electron chi connectivity index (χ1n) is 7.68. The van der Waals surface area contributed by atoms with Crippen LogP contribution in [0.1, 0.15) is 55.6 Å². The second kappa shape index (κ2) is 6.73. The summed E-state index contributed by atoms with van der Waals surface area (Å²) >= 11 is 0. The number of carbonyl (C=O) groups is 1. The molecule has 0 aliphatic heterocycles. The average Bonchev–Trinajstić information content (AvgIpc) is 3.26. The van der Waals surface area contributed by atoms with Crippen LogP contribution in [0.5, 0.6) is 0 Å². The summed E-state index contributed by atoms with van der Waals surface area (Å²) in [5.41, 5.74) is 2.57. The summed E-state index contributed by atoms with van der Waals surface area (Å²) in [6.07, 6.45) is 6.04. The summed E-state index contributed by atoms with van der Waals surface area (Å²) in [6.45, 7) is 7.91. The third-order valence-corrected chi connectivity index (χ3v) is 3.55. The van der Waals surface area contributed by atoms with E-state index in [1.54, 1.807) is 6.20 Å². The molecule has 1 fully saturated rings. The third kappa shape index (κ3) is 3.50. The molecule has 4 nitrogen and oxygen atoms in total. The fraction of sp³-hybridized carbons (Fsp3) is 0.625. The Morgan fingerprint density at radius 1 is 1.40 bits per heavy atom. The fourth-order valence-electron chi connectivity index (χ4n) is 2.37. The van der Waals surface area contributed by atoms with E-state index >= 15 is 0 Å². The van der Waals surface area contributed by atoms with E-state index in [1.165, 1.54) is 0 Å². The number of anilines is 1. The Morgan fingerprint density at radius 3 is 2.75 bits per heavy atom. The highest BCUT2D eigenvalue weighted by Gasteiger charge is 2.33. The van der Waals surface area contributed by atoms with Crippen LogP contribution in [0.4, 0.5) is 5.69 Å². The lowest BCUT2D eigenvalue weighted by Crippen LogP contribution is -2.34. The minimum atomic E-state index is 0.125. The van der Waals surface area contributed by atoms with E-state index in [2.05, 4.69) is 24.1 Å². The second-order valence-electron chi connectivity index (χ2n) is 5.53. The predicted octanol–water partition coefficient (Wildman–Crippen LogP) is 3.23. The van der Waals surface area contributed by atoms with Crippen molar-refractivity contribution < 1.29 is 4.79 Å². The van der Waals surface area contributed by atoms with Gasteiger partial charge in [0.1, 0.15) is 0 Å². The number of pyridine rings is 1. The third-order valence-electron chi connectivity index (χ3n) is 3.55. The Balaban J connectivity index is 2.22. The number of carbonyl (C=O) groups excluding carboxylic acids is 1. The molecule has 0 atom stereocenters. The van der Waals surface area contributed by atoms with Gasteiger partial charge in [-0.3, -0.25) is 9.78 Å². The first kappa shape index (κ1) is 14.8. The summed E-state index contributed by atoms with van der Waals surface area (Å²) in [4.78, 5) is 19.1. The Kier molecular flexibility index (Phi) is 4.99. The van der Waals surface area contributed by atoms with Crippen molar-refractivity contribution in [3.05, 3.63) is 23.5 Å². The van der Waals surface area contributed by atoms with Crippen molar-refractivity contribution in [2.75, 3.05) is 18.4 Å². The lowest BCUT2D eigenvalue weighted by Gasteiger charge is -2.23.